The molecule has 2 heterocycles. The summed E-state index contributed by atoms with van der Waals surface area (Å²) >= 11 is 1.75. The number of benzene rings is 3. The largest absolute Gasteiger partial charge is 0.308 e. The number of allylic oxidation sites excluding steroid dienone is 1. The van der Waals surface area contributed by atoms with Gasteiger partial charge in [-0.1, -0.05) is 109 Å². The molecule has 0 bridgehead atoms. The van der Waals surface area contributed by atoms with Crippen molar-refractivity contribution in [3.05, 3.63) is 129 Å². The van der Waals surface area contributed by atoms with Crippen LogP contribution in [0.3, 0.4) is 0 Å². The Morgan fingerprint density at radius 3 is 2.32 bits per heavy atom. The predicted molar refractivity (Wildman–Crippen MR) is 145 cm³/mol. The highest BCUT2D eigenvalue weighted by Crippen LogP contribution is 2.51. The number of nitrogens with zero attached hydrogens (tertiary/aromatic N) is 2. The van der Waals surface area contributed by atoms with E-state index in [1.807, 2.05) is 0 Å². The maximum Gasteiger partial charge on any atom is 0.174 e. The summed E-state index contributed by atoms with van der Waals surface area (Å²) in [6.07, 6.45) is 4.48. The molecule has 0 N–H and O–H groups in total. The monoisotopic (exact) mass is 460 g/mol. The first-order chi connectivity index (χ1) is 16.7. The molecule has 0 saturated heterocycles. The van der Waals surface area contributed by atoms with Crippen molar-refractivity contribution < 1.29 is 0 Å². The van der Waals surface area contributed by atoms with E-state index in [9.17, 15) is 0 Å². The fourth-order valence-corrected chi connectivity index (χ4v) is 6.24. The van der Waals surface area contributed by atoms with Gasteiger partial charge in [0, 0.05) is 5.41 Å². The number of rotatable bonds is 3. The summed E-state index contributed by atoms with van der Waals surface area (Å²) in [5.41, 5.74) is 10.4. The van der Waals surface area contributed by atoms with E-state index in [2.05, 4.69) is 115 Å². The van der Waals surface area contributed by atoms with Crippen molar-refractivity contribution in [2.45, 2.75) is 32.7 Å². The maximum absolute atomic E-state index is 5.31. The number of aliphatic imine (C=N–C) groups is 1. The molecule has 0 saturated carbocycles. The van der Waals surface area contributed by atoms with Gasteiger partial charge in [-0.3, -0.25) is 0 Å². The topological polar surface area (TPSA) is 15.6 Å². The number of aryl methyl sites for hydroxylation is 1. The van der Waals surface area contributed by atoms with Crippen molar-refractivity contribution in [3.8, 4) is 0 Å². The van der Waals surface area contributed by atoms with Gasteiger partial charge in [-0.2, -0.15) is 0 Å². The van der Waals surface area contributed by atoms with E-state index in [0.717, 1.165) is 18.0 Å². The van der Waals surface area contributed by atoms with Crippen molar-refractivity contribution in [2.24, 2.45) is 10.9 Å². The van der Waals surface area contributed by atoms with Crippen molar-refractivity contribution in [1.82, 2.24) is 4.90 Å². The summed E-state index contributed by atoms with van der Waals surface area (Å²) in [5.74, 6) is 0.582. The van der Waals surface area contributed by atoms with Crippen LogP contribution in [0.25, 0.3) is 11.8 Å². The highest BCUT2D eigenvalue weighted by Gasteiger charge is 2.41. The number of hydrogen-bond donors (Lipinski definition) is 0. The highest BCUT2D eigenvalue weighted by atomic mass is 32.2. The fraction of sp³-hybridized carbons (Fsp3) is 0.194. The maximum atomic E-state index is 5.31. The second-order valence-corrected chi connectivity index (χ2v) is 10.4. The molecule has 0 aromatic heterocycles. The van der Waals surface area contributed by atoms with Crippen LogP contribution >= 0.6 is 11.8 Å². The first-order valence-corrected chi connectivity index (χ1v) is 12.9. The highest BCUT2D eigenvalue weighted by molar-refractivity contribution is 8.16. The van der Waals surface area contributed by atoms with Crippen molar-refractivity contribution >= 4 is 28.7 Å². The molecule has 0 amide bonds. The first kappa shape index (κ1) is 21.2. The molecule has 3 heteroatoms. The predicted octanol–water partition coefficient (Wildman–Crippen LogP) is 8.22. The molecule has 34 heavy (non-hydrogen) atoms. The molecule has 2 nitrogen and oxygen atoms in total. The molecule has 3 aromatic rings. The van der Waals surface area contributed by atoms with Crippen LogP contribution in [0.1, 0.15) is 48.1 Å². The van der Waals surface area contributed by atoms with Gasteiger partial charge < -0.3 is 4.90 Å². The van der Waals surface area contributed by atoms with Gasteiger partial charge in [-0.25, -0.2) is 4.99 Å². The van der Waals surface area contributed by atoms with E-state index in [1.165, 1.54) is 44.8 Å². The van der Waals surface area contributed by atoms with Gasteiger partial charge in [-0.05, 0) is 59.6 Å². The van der Waals surface area contributed by atoms with Gasteiger partial charge in [0.2, 0.25) is 0 Å². The minimum Gasteiger partial charge on any atom is -0.308 e. The van der Waals surface area contributed by atoms with Crippen molar-refractivity contribution in [1.29, 1.82) is 0 Å². The molecule has 0 unspecified atom stereocenters. The molecular formula is C31H28N2S. The lowest BCUT2D eigenvalue weighted by Gasteiger charge is -2.41. The molecule has 2 aliphatic heterocycles. The lowest BCUT2D eigenvalue weighted by atomic mass is 9.78. The molecule has 0 spiro atoms. The van der Waals surface area contributed by atoms with Crippen LogP contribution in [0.4, 0.5) is 0 Å². The number of fused-ring (bicyclic) bond motifs is 1. The Hall–Kier alpha value is -3.30. The lowest BCUT2D eigenvalue weighted by molar-refractivity contribution is 0.425. The lowest BCUT2D eigenvalue weighted by Crippen LogP contribution is -2.35. The number of amidine groups is 1. The van der Waals surface area contributed by atoms with Gasteiger partial charge in [0.05, 0.1) is 17.4 Å². The van der Waals surface area contributed by atoms with Crippen LogP contribution in [0.5, 0.6) is 0 Å². The summed E-state index contributed by atoms with van der Waals surface area (Å²) < 4.78 is 0. The van der Waals surface area contributed by atoms with Crippen LogP contribution in [-0.4, -0.2) is 10.1 Å². The Labute approximate surface area is 206 Å². The first-order valence-electron chi connectivity index (χ1n) is 12.0. The average Bonchev–Trinajstić information content (AvgIpc) is 3.28. The quantitative estimate of drug-likeness (QED) is 0.391. The second-order valence-electron chi connectivity index (χ2n) is 9.53. The smallest absolute Gasteiger partial charge is 0.174 e. The Bertz CT molecular complexity index is 1330. The summed E-state index contributed by atoms with van der Waals surface area (Å²) in [6, 6.07) is 30.7. The van der Waals surface area contributed by atoms with Gasteiger partial charge >= 0.3 is 0 Å². The Balaban J connectivity index is 1.51. The van der Waals surface area contributed by atoms with E-state index in [4.69, 9.17) is 4.99 Å². The Morgan fingerprint density at radius 1 is 0.882 bits per heavy atom. The van der Waals surface area contributed by atoms with E-state index in [1.54, 1.807) is 11.8 Å². The van der Waals surface area contributed by atoms with Gasteiger partial charge in [0.25, 0.3) is 0 Å². The number of hydrogen-bond acceptors (Lipinski definition) is 3. The third-order valence-corrected chi connectivity index (χ3v) is 7.73. The van der Waals surface area contributed by atoms with Crippen LogP contribution < -0.4 is 0 Å². The van der Waals surface area contributed by atoms with Crippen LogP contribution in [-0.2, 0) is 0 Å². The third kappa shape index (κ3) is 3.84. The molecule has 0 radical (unpaired) electrons. The molecule has 1 aliphatic carbocycles. The summed E-state index contributed by atoms with van der Waals surface area (Å²) in [4.78, 5) is 7.79. The third-order valence-electron chi connectivity index (χ3n) is 6.89. The molecule has 2 atom stereocenters. The van der Waals surface area contributed by atoms with Crippen LogP contribution in [0.2, 0.25) is 0 Å². The van der Waals surface area contributed by atoms with E-state index in [0.29, 0.717) is 5.92 Å². The molecule has 3 aliphatic rings. The zero-order chi connectivity index (χ0) is 23.1. The van der Waals surface area contributed by atoms with Crippen LogP contribution in [0.15, 0.2) is 112 Å². The minimum atomic E-state index is 0.160. The summed E-state index contributed by atoms with van der Waals surface area (Å²) in [6.45, 7) is 4.52. The van der Waals surface area contributed by atoms with E-state index in [-0.39, 0.29) is 6.04 Å². The minimum absolute atomic E-state index is 0.160. The van der Waals surface area contributed by atoms with Gasteiger partial charge in [0.15, 0.2) is 5.17 Å². The molecule has 6 rings (SSSR count). The van der Waals surface area contributed by atoms with Gasteiger partial charge in [-0.15, -0.1) is 0 Å². The zero-order valence-electron chi connectivity index (χ0n) is 19.6. The Morgan fingerprint density at radius 2 is 1.59 bits per heavy atom. The normalized spacial score (nSPS) is 22.9. The molecular weight excluding hydrogens is 432 g/mol. The van der Waals surface area contributed by atoms with E-state index >= 15 is 0 Å². The Kier molecular flexibility index (Phi) is 5.50. The fourth-order valence-electron chi connectivity index (χ4n) is 5.31. The van der Waals surface area contributed by atoms with Crippen molar-refractivity contribution in [2.75, 3.05) is 0 Å². The SMILES string of the molecule is Cc1ccc(C2=CSC3=NC4=C(C[C@H](C)C/C4=C/c4ccccc4)[C@H](c4ccccc4)N23)cc1. The average molecular weight is 461 g/mol. The number of thioether (sulfide) groups is 1. The molecule has 3 aromatic carbocycles. The van der Waals surface area contributed by atoms with E-state index < -0.39 is 0 Å². The van der Waals surface area contributed by atoms with Crippen LogP contribution in [0, 0.1) is 12.8 Å². The summed E-state index contributed by atoms with van der Waals surface area (Å²) in [7, 11) is 0. The summed E-state index contributed by atoms with van der Waals surface area (Å²) in [5, 5.41) is 3.36. The van der Waals surface area contributed by atoms with Gasteiger partial charge in [0.1, 0.15) is 0 Å². The second kappa shape index (κ2) is 8.81. The van der Waals surface area contributed by atoms with Crippen molar-refractivity contribution in [3.63, 3.8) is 0 Å². The molecule has 168 valence electrons. The molecule has 0 fully saturated rings. The zero-order valence-corrected chi connectivity index (χ0v) is 20.4. The standard InChI is InChI=1S/C31H28N2S/c1-21-13-15-24(16-14-21)28-20-34-31-32-29-26(19-23-9-5-3-6-10-23)17-22(2)18-27(29)30(33(28)31)25-11-7-4-8-12-25/h3-16,19-20,22,30H,17-18H2,1-2H3/b26-19-/t22-,30+/m1/s1.